The lowest BCUT2D eigenvalue weighted by Gasteiger charge is -2.15. The van der Waals surface area contributed by atoms with Crippen LogP contribution in [0, 0.1) is 0 Å². The van der Waals surface area contributed by atoms with E-state index in [9.17, 15) is 4.79 Å². The number of thiazole rings is 1. The van der Waals surface area contributed by atoms with Crippen LogP contribution in [-0.4, -0.2) is 49.1 Å². The van der Waals surface area contributed by atoms with Crippen molar-refractivity contribution in [3.05, 3.63) is 4.88 Å². The first kappa shape index (κ1) is 15.7. The van der Waals surface area contributed by atoms with E-state index in [2.05, 4.69) is 17.2 Å². The minimum Gasteiger partial charge on any atom is -0.382 e. The molecule has 0 aliphatic heterocycles. The topological polar surface area (TPSA) is 80.5 Å². The van der Waals surface area contributed by atoms with Crippen LogP contribution in [0.3, 0.4) is 0 Å². The number of ether oxygens (including phenoxy) is 1. The molecule has 0 aliphatic carbocycles. The summed E-state index contributed by atoms with van der Waals surface area (Å²) in [5.41, 5.74) is 5.79. The Morgan fingerprint density at radius 1 is 1.53 bits per heavy atom. The highest BCUT2D eigenvalue weighted by Gasteiger charge is 2.19. The standard InChI is InChI=1S/C12H22N4O2S/c1-4-6-14-12-15-10(13)9(19-12)11(17)16(3)7-8-18-5-2/h4-8,13H2,1-3H3,(H,14,15). The summed E-state index contributed by atoms with van der Waals surface area (Å²) in [6, 6.07) is 0. The molecule has 0 aromatic carbocycles. The average Bonchev–Trinajstić information content (AvgIpc) is 2.76. The molecule has 108 valence electrons. The lowest BCUT2D eigenvalue weighted by molar-refractivity contribution is 0.0715. The first-order chi connectivity index (χ1) is 9.10. The summed E-state index contributed by atoms with van der Waals surface area (Å²) in [5, 5.41) is 3.83. The van der Waals surface area contributed by atoms with Gasteiger partial charge in [-0.2, -0.15) is 0 Å². The van der Waals surface area contributed by atoms with Gasteiger partial charge in [0.1, 0.15) is 10.7 Å². The van der Waals surface area contributed by atoms with E-state index in [0.29, 0.717) is 29.8 Å². The second-order valence-corrected chi connectivity index (χ2v) is 5.08. The number of aromatic nitrogens is 1. The van der Waals surface area contributed by atoms with E-state index in [1.807, 2.05) is 6.92 Å². The first-order valence-corrected chi connectivity index (χ1v) is 7.25. The van der Waals surface area contributed by atoms with Crippen LogP contribution in [0.5, 0.6) is 0 Å². The summed E-state index contributed by atoms with van der Waals surface area (Å²) in [6.45, 7) is 6.53. The maximum atomic E-state index is 12.2. The van der Waals surface area contributed by atoms with Crippen LogP contribution < -0.4 is 11.1 Å². The number of hydrogen-bond acceptors (Lipinski definition) is 6. The Morgan fingerprint density at radius 3 is 2.89 bits per heavy atom. The van der Waals surface area contributed by atoms with Gasteiger partial charge < -0.3 is 20.7 Å². The van der Waals surface area contributed by atoms with E-state index < -0.39 is 0 Å². The largest absolute Gasteiger partial charge is 0.382 e. The molecular formula is C12H22N4O2S. The number of nitrogens with zero attached hydrogens (tertiary/aromatic N) is 2. The van der Waals surface area contributed by atoms with Gasteiger partial charge in [0.05, 0.1) is 6.61 Å². The molecule has 1 amide bonds. The molecule has 0 spiro atoms. The van der Waals surface area contributed by atoms with Crippen molar-refractivity contribution in [1.29, 1.82) is 0 Å². The summed E-state index contributed by atoms with van der Waals surface area (Å²) in [7, 11) is 1.74. The van der Waals surface area contributed by atoms with Gasteiger partial charge in [-0.05, 0) is 13.3 Å². The minimum atomic E-state index is -0.112. The third-order valence-electron chi connectivity index (χ3n) is 2.50. The first-order valence-electron chi connectivity index (χ1n) is 6.43. The second-order valence-electron chi connectivity index (χ2n) is 4.08. The van der Waals surface area contributed by atoms with Crippen LogP contribution in [0.4, 0.5) is 10.9 Å². The zero-order valence-corrected chi connectivity index (χ0v) is 12.5. The quantitative estimate of drug-likeness (QED) is 0.710. The monoisotopic (exact) mass is 286 g/mol. The van der Waals surface area contributed by atoms with Gasteiger partial charge in [-0.15, -0.1) is 0 Å². The van der Waals surface area contributed by atoms with Gasteiger partial charge in [0.2, 0.25) is 0 Å². The molecule has 0 unspecified atom stereocenters. The maximum Gasteiger partial charge on any atom is 0.267 e. The SMILES string of the molecule is CCCNc1nc(N)c(C(=O)N(C)CCOCC)s1. The van der Waals surface area contributed by atoms with Gasteiger partial charge in [0.15, 0.2) is 5.13 Å². The Labute approximate surface area is 118 Å². The van der Waals surface area contributed by atoms with Gasteiger partial charge in [-0.25, -0.2) is 4.98 Å². The molecule has 19 heavy (non-hydrogen) atoms. The van der Waals surface area contributed by atoms with Crippen molar-refractivity contribution in [1.82, 2.24) is 9.88 Å². The Kier molecular flexibility index (Phi) is 6.58. The van der Waals surface area contributed by atoms with Crippen LogP contribution in [0.1, 0.15) is 29.9 Å². The molecule has 1 heterocycles. The molecule has 0 saturated heterocycles. The Balaban J connectivity index is 2.62. The van der Waals surface area contributed by atoms with Crippen LogP contribution in [0.2, 0.25) is 0 Å². The van der Waals surface area contributed by atoms with E-state index >= 15 is 0 Å². The van der Waals surface area contributed by atoms with Crippen molar-refractivity contribution in [2.24, 2.45) is 0 Å². The number of anilines is 2. The van der Waals surface area contributed by atoms with E-state index in [4.69, 9.17) is 10.5 Å². The number of carbonyl (C=O) groups is 1. The average molecular weight is 286 g/mol. The van der Waals surface area contributed by atoms with Crippen molar-refractivity contribution in [2.75, 3.05) is 44.4 Å². The predicted molar refractivity (Wildman–Crippen MR) is 78.8 cm³/mol. The van der Waals surface area contributed by atoms with Crippen molar-refractivity contribution in [3.8, 4) is 0 Å². The van der Waals surface area contributed by atoms with Crippen LogP contribution >= 0.6 is 11.3 Å². The lowest BCUT2D eigenvalue weighted by Crippen LogP contribution is -2.30. The lowest BCUT2D eigenvalue weighted by atomic mass is 10.4. The molecule has 0 bridgehead atoms. The number of nitrogens with one attached hydrogen (secondary N) is 1. The van der Waals surface area contributed by atoms with Gasteiger partial charge in [-0.3, -0.25) is 4.79 Å². The maximum absolute atomic E-state index is 12.2. The van der Waals surface area contributed by atoms with E-state index in [-0.39, 0.29) is 11.7 Å². The van der Waals surface area contributed by atoms with E-state index in [1.54, 1.807) is 11.9 Å². The summed E-state index contributed by atoms with van der Waals surface area (Å²) in [5.74, 6) is 0.177. The molecule has 0 saturated carbocycles. The number of rotatable bonds is 8. The molecule has 0 radical (unpaired) electrons. The van der Waals surface area contributed by atoms with Gasteiger partial charge in [0, 0.05) is 26.7 Å². The normalized spacial score (nSPS) is 10.5. The summed E-state index contributed by atoms with van der Waals surface area (Å²) in [4.78, 5) is 18.4. The van der Waals surface area contributed by atoms with Crippen molar-refractivity contribution in [2.45, 2.75) is 20.3 Å². The fourth-order valence-corrected chi connectivity index (χ4v) is 2.32. The molecule has 0 fully saturated rings. The molecule has 6 nitrogen and oxygen atoms in total. The Morgan fingerprint density at radius 2 is 2.26 bits per heavy atom. The molecular weight excluding hydrogens is 264 g/mol. The number of nitrogen functional groups attached to an aromatic ring is 1. The zero-order valence-electron chi connectivity index (χ0n) is 11.7. The number of carbonyl (C=O) groups excluding carboxylic acids is 1. The summed E-state index contributed by atoms with van der Waals surface area (Å²) >= 11 is 1.30. The highest BCUT2D eigenvalue weighted by Crippen LogP contribution is 2.25. The molecule has 1 aromatic heterocycles. The highest BCUT2D eigenvalue weighted by molar-refractivity contribution is 7.18. The molecule has 7 heteroatoms. The smallest absolute Gasteiger partial charge is 0.267 e. The number of amides is 1. The van der Waals surface area contributed by atoms with E-state index in [1.165, 1.54) is 11.3 Å². The second kappa shape index (κ2) is 7.96. The molecule has 1 rings (SSSR count). The fraction of sp³-hybridized carbons (Fsp3) is 0.667. The highest BCUT2D eigenvalue weighted by atomic mass is 32.1. The van der Waals surface area contributed by atoms with Crippen molar-refractivity contribution >= 4 is 28.2 Å². The molecule has 1 aromatic rings. The van der Waals surface area contributed by atoms with Crippen LogP contribution in [0.25, 0.3) is 0 Å². The number of nitrogens with two attached hydrogens (primary N) is 1. The molecule has 0 aliphatic rings. The van der Waals surface area contributed by atoms with Crippen LogP contribution in [0.15, 0.2) is 0 Å². The zero-order chi connectivity index (χ0) is 14.3. The summed E-state index contributed by atoms with van der Waals surface area (Å²) < 4.78 is 5.23. The summed E-state index contributed by atoms with van der Waals surface area (Å²) in [6.07, 6.45) is 0.997. The Hall–Kier alpha value is -1.34. The van der Waals surface area contributed by atoms with Crippen molar-refractivity contribution in [3.63, 3.8) is 0 Å². The third-order valence-corrected chi connectivity index (χ3v) is 3.51. The minimum absolute atomic E-state index is 0.112. The third kappa shape index (κ3) is 4.68. The van der Waals surface area contributed by atoms with Crippen molar-refractivity contribution < 1.29 is 9.53 Å². The number of likely N-dealkylation sites (N-methyl/N-ethyl adjacent to an activating group) is 1. The van der Waals surface area contributed by atoms with Gasteiger partial charge in [0.25, 0.3) is 5.91 Å². The fourth-order valence-electron chi connectivity index (χ4n) is 1.41. The Bertz CT molecular complexity index is 408. The van der Waals surface area contributed by atoms with E-state index in [0.717, 1.165) is 13.0 Å². The number of hydrogen-bond donors (Lipinski definition) is 2. The molecule has 0 atom stereocenters. The van der Waals surface area contributed by atoms with Crippen LogP contribution in [-0.2, 0) is 4.74 Å². The predicted octanol–water partition coefficient (Wildman–Crippen LogP) is 1.66. The van der Waals surface area contributed by atoms with Gasteiger partial charge in [-0.1, -0.05) is 18.3 Å². The molecule has 3 N–H and O–H groups in total. The van der Waals surface area contributed by atoms with Gasteiger partial charge >= 0.3 is 0 Å².